The van der Waals surface area contributed by atoms with Crippen molar-refractivity contribution < 1.29 is 9.47 Å². The molecule has 0 saturated heterocycles. The van der Waals surface area contributed by atoms with Crippen LogP contribution in [0.25, 0.3) is 11.0 Å². The first-order valence-corrected chi connectivity index (χ1v) is 9.44. The summed E-state index contributed by atoms with van der Waals surface area (Å²) in [7, 11) is 1.67. The number of nitrogens with two attached hydrogens (primary N) is 1. The molecule has 0 unspecified atom stereocenters. The fraction of sp³-hybridized carbons (Fsp3) is 0.450. The quantitative estimate of drug-likeness (QED) is 0.620. The Hall–Kier alpha value is -2.83. The smallest absolute Gasteiger partial charge is 0.260 e. The Bertz CT molecular complexity index is 890. The Kier molecular flexibility index (Phi) is 6.11. The number of aryl methyl sites for hydroxylation is 1. The van der Waals surface area contributed by atoms with Crippen LogP contribution in [-0.4, -0.2) is 33.5 Å². The van der Waals surface area contributed by atoms with E-state index in [1.807, 2.05) is 12.1 Å². The minimum absolute atomic E-state index is 0.333. The van der Waals surface area contributed by atoms with E-state index in [9.17, 15) is 0 Å². The predicted molar refractivity (Wildman–Crippen MR) is 106 cm³/mol. The zero-order valence-electron chi connectivity index (χ0n) is 16.2. The number of methoxy groups -OCH3 is 1. The van der Waals surface area contributed by atoms with Gasteiger partial charge in [0.15, 0.2) is 5.82 Å². The van der Waals surface area contributed by atoms with Crippen LogP contribution >= 0.6 is 0 Å². The van der Waals surface area contributed by atoms with Gasteiger partial charge in [0.25, 0.3) is 5.88 Å². The van der Waals surface area contributed by atoms with Crippen molar-refractivity contribution in [3.8, 4) is 11.6 Å². The number of ether oxygens (including phenoxy) is 2. The van der Waals surface area contributed by atoms with Gasteiger partial charge in [-0.25, -0.2) is 4.98 Å². The van der Waals surface area contributed by atoms with Crippen LogP contribution in [0.3, 0.4) is 0 Å². The largest absolute Gasteiger partial charge is 0.497 e. The number of rotatable bonds is 9. The first-order chi connectivity index (χ1) is 13.2. The molecule has 144 valence electrons. The number of fused-ring (bicyclic) bond motifs is 1. The van der Waals surface area contributed by atoms with Gasteiger partial charge in [0.05, 0.1) is 13.7 Å². The van der Waals surface area contributed by atoms with Crippen molar-refractivity contribution in [1.82, 2.24) is 19.7 Å². The van der Waals surface area contributed by atoms with Gasteiger partial charge >= 0.3 is 0 Å². The lowest BCUT2D eigenvalue weighted by molar-refractivity contribution is 0.304. The fourth-order valence-electron chi connectivity index (χ4n) is 2.99. The molecule has 3 aromatic rings. The second kappa shape index (κ2) is 8.70. The third-order valence-electron chi connectivity index (χ3n) is 4.44. The van der Waals surface area contributed by atoms with Crippen molar-refractivity contribution in [2.75, 3.05) is 19.5 Å². The molecule has 2 heterocycles. The molecule has 0 amide bonds. The lowest BCUT2D eigenvalue weighted by atomic mass is 10.2. The highest BCUT2D eigenvalue weighted by atomic mass is 16.5. The van der Waals surface area contributed by atoms with Crippen LogP contribution in [0.5, 0.6) is 11.6 Å². The molecule has 0 aliphatic heterocycles. The second-order valence-electron chi connectivity index (χ2n) is 6.50. The maximum Gasteiger partial charge on any atom is 0.260 e. The zero-order chi connectivity index (χ0) is 19.2. The maximum atomic E-state index is 6.07. The molecule has 0 atom stereocenters. The molecular formula is C20H27N5O2. The van der Waals surface area contributed by atoms with Gasteiger partial charge in [-0.1, -0.05) is 32.4 Å². The summed E-state index contributed by atoms with van der Waals surface area (Å²) in [6.45, 7) is 5.46. The standard InChI is InChI=1S/C20H27N5O2/c1-4-6-7-16-22-17-18(20(27-12-5-2)24-23-19(17)21)25(16)13-14-8-10-15(26-3)11-9-14/h8-11H,4-7,12-13H2,1-3H3,(H2,21,23). The topological polar surface area (TPSA) is 88.1 Å². The zero-order valence-corrected chi connectivity index (χ0v) is 16.2. The SMILES string of the molecule is CCCCc1nc2c(N)nnc(OCCC)c2n1Cc1ccc(OC)cc1. The number of nitrogen functional groups attached to an aromatic ring is 1. The van der Waals surface area contributed by atoms with E-state index in [-0.39, 0.29) is 0 Å². The van der Waals surface area contributed by atoms with E-state index in [0.717, 1.165) is 48.3 Å². The molecule has 7 heteroatoms. The van der Waals surface area contributed by atoms with E-state index >= 15 is 0 Å². The number of imidazole rings is 1. The summed E-state index contributed by atoms with van der Waals surface area (Å²) in [4.78, 5) is 4.78. The molecule has 0 spiro atoms. The van der Waals surface area contributed by atoms with Crippen molar-refractivity contribution in [2.45, 2.75) is 46.1 Å². The second-order valence-corrected chi connectivity index (χ2v) is 6.50. The number of unbranched alkanes of at least 4 members (excludes halogenated alkanes) is 1. The average molecular weight is 369 g/mol. The van der Waals surface area contributed by atoms with Crippen LogP contribution < -0.4 is 15.2 Å². The average Bonchev–Trinajstić information content (AvgIpc) is 3.06. The van der Waals surface area contributed by atoms with Crippen LogP contribution in [0.15, 0.2) is 24.3 Å². The molecule has 0 aliphatic rings. The Morgan fingerprint density at radius 3 is 2.52 bits per heavy atom. The van der Waals surface area contributed by atoms with Gasteiger partial charge in [-0.05, 0) is 30.5 Å². The lowest BCUT2D eigenvalue weighted by Crippen LogP contribution is -2.08. The molecule has 2 N–H and O–H groups in total. The van der Waals surface area contributed by atoms with Gasteiger partial charge in [0.2, 0.25) is 0 Å². The number of hydrogen-bond donors (Lipinski definition) is 1. The van der Waals surface area contributed by atoms with Gasteiger partial charge in [-0.3, -0.25) is 0 Å². The van der Waals surface area contributed by atoms with Gasteiger partial charge in [-0.15, -0.1) is 10.2 Å². The summed E-state index contributed by atoms with van der Waals surface area (Å²) in [5.41, 5.74) is 8.70. The predicted octanol–water partition coefficient (Wildman–Crippen LogP) is 3.60. The summed E-state index contributed by atoms with van der Waals surface area (Å²) >= 11 is 0. The summed E-state index contributed by atoms with van der Waals surface area (Å²) in [6, 6.07) is 8.03. The lowest BCUT2D eigenvalue weighted by Gasteiger charge is -2.12. The summed E-state index contributed by atoms with van der Waals surface area (Å²) in [5, 5.41) is 8.22. The minimum atomic E-state index is 0.333. The van der Waals surface area contributed by atoms with Gasteiger partial charge in [-0.2, -0.15) is 0 Å². The summed E-state index contributed by atoms with van der Waals surface area (Å²) in [5.74, 6) is 2.64. The Morgan fingerprint density at radius 2 is 1.85 bits per heavy atom. The van der Waals surface area contributed by atoms with E-state index in [4.69, 9.17) is 20.2 Å². The molecule has 0 bridgehead atoms. The van der Waals surface area contributed by atoms with Gasteiger partial charge in [0.1, 0.15) is 22.6 Å². The van der Waals surface area contributed by atoms with Gasteiger partial charge in [0, 0.05) is 13.0 Å². The Labute approximate surface area is 159 Å². The highest BCUT2D eigenvalue weighted by Gasteiger charge is 2.19. The molecule has 1 aromatic carbocycles. The molecule has 27 heavy (non-hydrogen) atoms. The highest BCUT2D eigenvalue weighted by Crippen LogP contribution is 2.29. The van der Waals surface area contributed by atoms with Crippen molar-refractivity contribution in [2.24, 2.45) is 0 Å². The third kappa shape index (κ3) is 4.13. The number of anilines is 1. The Balaban J connectivity index is 2.08. The van der Waals surface area contributed by atoms with Crippen molar-refractivity contribution in [3.63, 3.8) is 0 Å². The van der Waals surface area contributed by atoms with E-state index in [1.165, 1.54) is 0 Å². The van der Waals surface area contributed by atoms with Gasteiger partial charge < -0.3 is 19.8 Å². The van der Waals surface area contributed by atoms with Crippen LogP contribution in [0, 0.1) is 0 Å². The van der Waals surface area contributed by atoms with Crippen LogP contribution in [-0.2, 0) is 13.0 Å². The van der Waals surface area contributed by atoms with E-state index in [1.54, 1.807) is 7.11 Å². The number of benzene rings is 1. The molecule has 0 fully saturated rings. The summed E-state index contributed by atoms with van der Waals surface area (Å²) < 4.78 is 13.3. The first-order valence-electron chi connectivity index (χ1n) is 9.44. The molecule has 2 aromatic heterocycles. The number of hydrogen-bond acceptors (Lipinski definition) is 6. The van der Waals surface area contributed by atoms with E-state index < -0.39 is 0 Å². The molecule has 0 aliphatic carbocycles. The van der Waals surface area contributed by atoms with Crippen molar-refractivity contribution in [1.29, 1.82) is 0 Å². The van der Waals surface area contributed by atoms with Crippen LogP contribution in [0.4, 0.5) is 5.82 Å². The fourth-order valence-corrected chi connectivity index (χ4v) is 2.99. The van der Waals surface area contributed by atoms with Crippen LogP contribution in [0.1, 0.15) is 44.5 Å². The number of aromatic nitrogens is 4. The maximum absolute atomic E-state index is 6.07. The Morgan fingerprint density at radius 1 is 1.07 bits per heavy atom. The third-order valence-corrected chi connectivity index (χ3v) is 4.44. The molecule has 3 rings (SSSR count). The molecular weight excluding hydrogens is 342 g/mol. The van der Waals surface area contributed by atoms with E-state index in [0.29, 0.717) is 30.4 Å². The molecule has 0 saturated carbocycles. The minimum Gasteiger partial charge on any atom is -0.497 e. The highest BCUT2D eigenvalue weighted by molar-refractivity contribution is 5.88. The molecule has 0 radical (unpaired) electrons. The van der Waals surface area contributed by atoms with Crippen molar-refractivity contribution in [3.05, 3.63) is 35.7 Å². The van der Waals surface area contributed by atoms with Crippen molar-refractivity contribution >= 4 is 16.9 Å². The summed E-state index contributed by atoms with van der Waals surface area (Å²) in [6.07, 6.45) is 3.91. The monoisotopic (exact) mass is 369 g/mol. The first kappa shape index (κ1) is 18.9. The van der Waals surface area contributed by atoms with E-state index in [2.05, 4.69) is 40.7 Å². The number of nitrogens with zero attached hydrogens (tertiary/aromatic N) is 4. The van der Waals surface area contributed by atoms with Crippen LogP contribution in [0.2, 0.25) is 0 Å². The molecule has 7 nitrogen and oxygen atoms in total. The normalized spacial score (nSPS) is 11.1.